The molecule has 2 aromatic heterocycles. The van der Waals surface area contributed by atoms with Crippen LogP contribution in [0.15, 0.2) is 18.2 Å². The molecule has 0 aliphatic rings. The Morgan fingerprint density at radius 2 is 2.24 bits per heavy atom. The summed E-state index contributed by atoms with van der Waals surface area (Å²) in [7, 11) is 0. The largest absolute Gasteiger partial charge is 0.481 e. The lowest BCUT2D eigenvalue weighted by atomic mass is 10.1. The van der Waals surface area contributed by atoms with Crippen LogP contribution in [0.5, 0.6) is 0 Å². The Bertz CT molecular complexity index is 536. The van der Waals surface area contributed by atoms with Crippen LogP contribution in [0.3, 0.4) is 0 Å². The van der Waals surface area contributed by atoms with Crippen molar-refractivity contribution in [3.63, 3.8) is 0 Å². The summed E-state index contributed by atoms with van der Waals surface area (Å²) in [5, 5.41) is 9.00. The van der Waals surface area contributed by atoms with Gasteiger partial charge in [-0.15, -0.1) is 0 Å². The molecule has 0 aliphatic heterocycles. The molecule has 17 heavy (non-hydrogen) atoms. The lowest BCUT2D eigenvalue weighted by Gasteiger charge is -1.96. The van der Waals surface area contributed by atoms with Gasteiger partial charge in [-0.25, -0.2) is 4.98 Å². The highest BCUT2D eigenvalue weighted by Crippen LogP contribution is 2.17. The Morgan fingerprint density at radius 1 is 1.41 bits per heavy atom. The van der Waals surface area contributed by atoms with E-state index in [1.165, 1.54) is 0 Å². The van der Waals surface area contributed by atoms with Crippen molar-refractivity contribution < 1.29 is 9.90 Å². The summed E-state index contributed by atoms with van der Waals surface area (Å²) in [5.74, 6) is -0.741. The van der Waals surface area contributed by atoms with Gasteiger partial charge in [-0.05, 0) is 37.5 Å². The SMILES string of the molecule is O=C(O)CCCCc1cc2nc(Cl)ccc2[nH]1. The van der Waals surface area contributed by atoms with Crippen LogP contribution in [0, 0.1) is 0 Å². The molecule has 0 aromatic carbocycles. The number of unbranched alkanes of at least 4 members (excludes halogenated alkanes) is 1. The van der Waals surface area contributed by atoms with E-state index < -0.39 is 5.97 Å². The number of aryl methyl sites for hydroxylation is 1. The number of pyridine rings is 1. The zero-order chi connectivity index (χ0) is 12.3. The number of nitrogens with zero attached hydrogens (tertiary/aromatic N) is 1. The van der Waals surface area contributed by atoms with Crippen LogP contribution in [0.2, 0.25) is 5.15 Å². The molecule has 0 aliphatic carbocycles. The van der Waals surface area contributed by atoms with Crippen LogP contribution >= 0.6 is 11.6 Å². The number of aliphatic carboxylic acids is 1. The number of carboxylic acids is 1. The van der Waals surface area contributed by atoms with Gasteiger partial charge in [0.25, 0.3) is 0 Å². The number of halogens is 1. The third-order valence-electron chi connectivity index (χ3n) is 2.58. The molecular formula is C12H13ClN2O2. The highest BCUT2D eigenvalue weighted by atomic mass is 35.5. The molecule has 0 unspecified atom stereocenters. The number of carbonyl (C=O) groups is 1. The predicted molar refractivity (Wildman–Crippen MR) is 66.3 cm³/mol. The number of aromatic amines is 1. The summed E-state index contributed by atoms with van der Waals surface area (Å²) in [6, 6.07) is 5.60. The molecule has 2 aromatic rings. The molecule has 0 atom stereocenters. The second-order valence-electron chi connectivity index (χ2n) is 3.96. The van der Waals surface area contributed by atoms with Crippen molar-refractivity contribution in [2.75, 3.05) is 0 Å². The fraction of sp³-hybridized carbons (Fsp3) is 0.333. The molecule has 0 saturated heterocycles. The third-order valence-corrected chi connectivity index (χ3v) is 2.79. The smallest absolute Gasteiger partial charge is 0.303 e. The fourth-order valence-electron chi connectivity index (χ4n) is 1.77. The summed E-state index contributed by atoms with van der Waals surface area (Å²) < 4.78 is 0. The molecule has 2 heterocycles. The standard InChI is InChI=1S/C12H13ClN2O2/c13-11-6-5-9-10(15-11)7-8(14-9)3-1-2-4-12(16)17/h5-7,14H,1-4H2,(H,16,17). The number of aromatic nitrogens is 2. The van der Waals surface area contributed by atoms with Gasteiger partial charge >= 0.3 is 5.97 Å². The van der Waals surface area contributed by atoms with Crippen molar-refractivity contribution in [2.24, 2.45) is 0 Å². The van der Waals surface area contributed by atoms with Gasteiger partial charge in [-0.1, -0.05) is 11.6 Å². The van der Waals surface area contributed by atoms with Crippen LogP contribution < -0.4 is 0 Å². The van der Waals surface area contributed by atoms with Crippen molar-refractivity contribution in [3.8, 4) is 0 Å². The van der Waals surface area contributed by atoms with Crippen molar-refractivity contribution in [1.82, 2.24) is 9.97 Å². The van der Waals surface area contributed by atoms with E-state index in [1.807, 2.05) is 12.1 Å². The van der Waals surface area contributed by atoms with Crippen LogP contribution in [-0.4, -0.2) is 21.0 Å². The summed E-state index contributed by atoms with van der Waals surface area (Å²) in [6.07, 6.45) is 2.61. The predicted octanol–water partition coefficient (Wildman–Crippen LogP) is 3.01. The quantitative estimate of drug-likeness (QED) is 0.635. The van der Waals surface area contributed by atoms with E-state index in [0.29, 0.717) is 11.6 Å². The van der Waals surface area contributed by atoms with Gasteiger partial charge in [0.1, 0.15) is 5.15 Å². The number of rotatable bonds is 5. The van der Waals surface area contributed by atoms with Gasteiger partial charge in [0.05, 0.1) is 11.0 Å². The Hall–Kier alpha value is -1.55. The molecule has 0 spiro atoms. The minimum absolute atomic E-state index is 0.226. The zero-order valence-electron chi connectivity index (χ0n) is 9.24. The molecule has 0 saturated carbocycles. The van der Waals surface area contributed by atoms with E-state index in [4.69, 9.17) is 16.7 Å². The molecule has 2 rings (SSSR count). The van der Waals surface area contributed by atoms with E-state index in [1.54, 1.807) is 6.07 Å². The van der Waals surface area contributed by atoms with Gasteiger partial charge in [0.15, 0.2) is 0 Å². The maximum atomic E-state index is 10.4. The summed E-state index contributed by atoms with van der Waals surface area (Å²) in [5.41, 5.74) is 2.88. The first-order valence-corrected chi connectivity index (χ1v) is 5.89. The van der Waals surface area contributed by atoms with Gasteiger partial charge < -0.3 is 10.1 Å². The van der Waals surface area contributed by atoms with E-state index in [2.05, 4.69) is 9.97 Å². The second-order valence-corrected chi connectivity index (χ2v) is 4.35. The van der Waals surface area contributed by atoms with E-state index in [0.717, 1.165) is 29.6 Å². The molecule has 90 valence electrons. The Labute approximate surface area is 104 Å². The second kappa shape index (κ2) is 5.19. The molecule has 0 radical (unpaired) electrons. The fourth-order valence-corrected chi connectivity index (χ4v) is 1.92. The number of carboxylic acid groups (broad SMARTS) is 1. The zero-order valence-corrected chi connectivity index (χ0v) is 10.00. The average Bonchev–Trinajstić information content (AvgIpc) is 2.66. The Kier molecular flexibility index (Phi) is 3.64. The first kappa shape index (κ1) is 11.9. The van der Waals surface area contributed by atoms with Crippen LogP contribution in [0.25, 0.3) is 11.0 Å². The summed E-state index contributed by atoms with van der Waals surface area (Å²) >= 11 is 5.80. The number of fused-ring (bicyclic) bond motifs is 1. The van der Waals surface area contributed by atoms with E-state index in [-0.39, 0.29) is 6.42 Å². The topological polar surface area (TPSA) is 66.0 Å². The summed E-state index contributed by atoms with van der Waals surface area (Å²) in [4.78, 5) is 17.8. The number of H-pyrrole nitrogens is 1. The molecule has 2 N–H and O–H groups in total. The van der Waals surface area contributed by atoms with Crippen molar-refractivity contribution >= 4 is 28.6 Å². The van der Waals surface area contributed by atoms with Crippen LogP contribution in [0.1, 0.15) is 25.0 Å². The van der Waals surface area contributed by atoms with Crippen molar-refractivity contribution in [2.45, 2.75) is 25.7 Å². The number of hydrogen-bond acceptors (Lipinski definition) is 2. The van der Waals surface area contributed by atoms with Gasteiger partial charge in [0, 0.05) is 12.1 Å². The first-order chi connectivity index (χ1) is 8.15. The molecule has 5 heteroatoms. The first-order valence-electron chi connectivity index (χ1n) is 5.51. The van der Waals surface area contributed by atoms with Crippen molar-refractivity contribution in [3.05, 3.63) is 29.0 Å². The minimum Gasteiger partial charge on any atom is -0.481 e. The maximum absolute atomic E-state index is 10.4. The highest BCUT2D eigenvalue weighted by Gasteiger charge is 2.03. The van der Waals surface area contributed by atoms with Gasteiger partial charge in [-0.2, -0.15) is 0 Å². The van der Waals surface area contributed by atoms with Gasteiger partial charge in [-0.3, -0.25) is 4.79 Å². The molecule has 4 nitrogen and oxygen atoms in total. The Morgan fingerprint density at radius 3 is 3.00 bits per heavy atom. The minimum atomic E-state index is -0.741. The van der Waals surface area contributed by atoms with Gasteiger partial charge in [0.2, 0.25) is 0 Å². The number of nitrogens with one attached hydrogen (secondary N) is 1. The van der Waals surface area contributed by atoms with Crippen LogP contribution in [0.4, 0.5) is 0 Å². The monoisotopic (exact) mass is 252 g/mol. The molecule has 0 amide bonds. The summed E-state index contributed by atoms with van der Waals surface area (Å²) in [6.45, 7) is 0. The maximum Gasteiger partial charge on any atom is 0.303 e. The molecular weight excluding hydrogens is 240 g/mol. The lowest BCUT2D eigenvalue weighted by Crippen LogP contribution is -1.94. The number of hydrogen-bond donors (Lipinski definition) is 2. The Balaban J connectivity index is 1.97. The van der Waals surface area contributed by atoms with E-state index in [9.17, 15) is 4.79 Å². The van der Waals surface area contributed by atoms with E-state index >= 15 is 0 Å². The molecule has 0 fully saturated rings. The van der Waals surface area contributed by atoms with Crippen molar-refractivity contribution in [1.29, 1.82) is 0 Å². The third kappa shape index (κ3) is 3.20. The average molecular weight is 253 g/mol. The molecule has 0 bridgehead atoms. The highest BCUT2D eigenvalue weighted by molar-refractivity contribution is 6.29. The van der Waals surface area contributed by atoms with Crippen LogP contribution in [-0.2, 0) is 11.2 Å². The normalized spacial score (nSPS) is 10.9. The lowest BCUT2D eigenvalue weighted by molar-refractivity contribution is -0.137.